The van der Waals surface area contributed by atoms with E-state index in [0.29, 0.717) is 5.02 Å². The Labute approximate surface area is 177 Å². The van der Waals surface area contributed by atoms with Crippen molar-refractivity contribution in [3.8, 4) is 0 Å². The van der Waals surface area contributed by atoms with Crippen molar-refractivity contribution in [1.82, 2.24) is 10.2 Å². The van der Waals surface area contributed by atoms with Crippen LogP contribution in [-0.2, 0) is 10.2 Å². The maximum atomic E-state index is 6.53. The Bertz CT molecular complexity index is 600. The van der Waals surface area contributed by atoms with E-state index in [-0.39, 0.29) is 29.4 Å². The highest BCUT2D eigenvalue weighted by Crippen LogP contribution is 2.39. The predicted molar refractivity (Wildman–Crippen MR) is 116 cm³/mol. The highest BCUT2D eigenvalue weighted by Gasteiger charge is 2.36. The average molecular weight is 498 g/mol. The first-order valence-corrected chi connectivity index (χ1v) is 9.39. The van der Waals surface area contributed by atoms with Gasteiger partial charge >= 0.3 is 0 Å². The number of nitrogens with one attached hydrogen (secondary N) is 1. The van der Waals surface area contributed by atoms with Gasteiger partial charge < -0.3 is 15.0 Å². The summed E-state index contributed by atoms with van der Waals surface area (Å²) in [4.78, 5) is 6.79. The minimum atomic E-state index is -0.0460. The molecule has 1 aromatic rings. The van der Waals surface area contributed by atoms with Gasteiger partial charge in [0.1, 0.15) is 0 Å². The van der Waals surface area contributed by atoms with Crippen LogP contribution >= 0.6 is 47.2 Å². The molecule has 2 aliphatic heterocycles. The second kappa shape index (κ2) is 9.62. The fourth-order valence-electron chi connectivity index (χ4n) is 3.73. The molecular weight excluding hydrogens is 472 g/mol. The van der Waals surface area contributed by atoms with E-state index >= 15 is 0 Å². The Hall–Kier alpha value is -0.240. The summed E-state index contributed by atoms with van der Waals surface area (Å²) in [5, 5.41) is 5.00. The lowest BCUT2D eigenvalue weighted by Crippen LogP contribution is -2.48. The Kier molecular flexibility index (Phi) is 8.11. The van der Waals surface area contributed by atoms with Gasteiger partial charge in [0.05, 0.1) is 0 Å². The molecule has 2 fully saturated rings. The second-order valence-corrected chi connectivity index (χ2v) is 7.46. The van der Waals surface area contributed by atoms with Crippen molar-refractivity contribution in [2.45, 2.75) is 31.1 Å². The number of aliphatic imine (C=N–C) groups is 1. The highest BCUT2D eigenvalue weighted by molar-refractivity contribution is 14.0. The molecule has 1 N–H and O–H groups in total. The van der Waals surface area contributed by atoms with Gasteiger partial charge in [-0.3, -0.25) is 4.99 Å². The molecule has 0 spiro atoms. The van der Waals surface area contributed by atoms with Gasteiger partial charge in [-0.2, -0.15) is 0 Å². The first kappa shape index (κ1) is 21.1. The highest BCUT2D eigenvalue weighted by atomic mass is 127. The Balaban J connectivity index is 0.00000225. The molecule has 0 saturated carbocycles. The molecule has 0 amide bonds. The van der Waals surface area contributed by atoms with Crippen LogP contribution in [0, 0.1) is 0 Å². The van der Waals surface area contributed by atoms with Crippen LogP contribution in [0.15, 0.2) is 23.2 Å². The Morgan fingerprint density at radius 2 is 1.92 bits per heavy atom. The average Bonchev–Trinajstić information content (AvgIpc) is 3.10. The summed E-state index contributed by atoms with van der Waals surface area (Å²) in [7, 11) is 1.85. The molecule has 0 radical (unpaired) electrons. The summed E-state index contributed by atoms with van der Waals surface area (Å²) < 4.78 is 5.61. The van der Waals surface area contributed by atoms with E-state index in [9.17, 15) is 0 Å². The number of likely N-dealkylation sites (tertiary alicyclic amines) is 1. The van der Waals surface area contributed by atoms with Gasteiger partial charge in [0.15, 0.2) is 5.96 Å². The van der Waals surface area contributed by atoms with Crippen molar-refractivity contribution >= 4 is 53.1 Å². The molecule has 2 aliphatic rings. The maximum absolute atomic E-state index is 6.53. The SMILES string of the molecule is CN=C(NCC1(c2ccc(Cl)cc2Cl)CCOCC1)N1CCCC1.I. The van der Waals surface area contributed by atoms with Crippen LogP contribution in [-0.4, -0.2) is 50.8 Å². The smallest absolute Gasteiger partial charge is 0.193 e. The van der Waals surface area contributed by atoms with Crippen LogP contribution in [0.2, 0.25) is 10.0 Å². The Morgan fingerprint density at radius 3 is 2.52 bits per heavy atom. The van der Waals surface area contributed by atoms with Crippen LogP contribution in [0.25, 0.3) is 0 Å². The van der Waals surface area contributed by atoms with E-state index in [1.165, 1.54) is 12.8 Å². The minimum Gasteiger partial charge on any atom is -0.381 e. The molecule has 0 atom stereocenters. The maximum Gasteiger partial charge on any atom is 0.193 e. The van der Waals surface area contributed by atoms with Crippen LogP contribution in [0.5, 0.6) is 0 Å². The Morgan fingerprint density at radius 1 is 1.24 bits per heavy atom. The topological polar surface area (TPSA) is 36.9 Å². The van der Waals surface area contributed by atoms with Crippen molar-refractivity contribution in [3.05, 3.63) is 33.8 Å². The van der Waals surface area contributed by atoms with Crippen molar-refractivity contribution in [2.75, 3.05) is 39.9 Å². The molecule has 0 unspecified atom stereocenters. The van der Waals surface area contributed by atoms with E-state index < -0.39 is 0 Å². The molecule has 140 valence electrons. The summed E-state index contributed by atoms with van der Waals surface area (Å²) in [5.41, 5.74) is 1.11. The molecule has 25 heavy (non-hydrogen) atoms. The summed E-state index contributed by atoms with van der Waals surface area (Å²) in [5.74, 6) is 0.989. The van der Waals surface area contributed by atoms with E-state index in [0.717, 1.165) is 62.2 Å². The summed E-state index contributed by atoms with van der Waals surface area (Å²) in [6, 6.07) is 5.83. The van der Waals surface area contributed by atoms with Gasteiger partial charge in [0, 0.05) is 55.4 Å². The van der Waals surface area contributed by atoms with Gasteiger partial charge in [-0.1, -0.05) is 29.3 Å². The molecule has 0 bridgehead atoms. The second-order valence-electron chi connectivity index (χ2n) is 6.61. The number of hydrogen-bond donors (Lipinski definition) is 1. The standard InChI is InChI=1S/C18H25Cl2N3O.HI/c1-21-17(23-8-2-3-9-23)22-13-18(6-10-24-11-7-18)15-5-4-14(19)12-16(15)20;/h4-5,12H,2-3,6-11,13H2,1H3,(H,21,22);1H. The van der Waals surface area contributed by atoms with Crippen LogP contribution in [0.1, 0.15) is 31.2 Å². The molecule has 2 saturated heterocycles. The minimum absolute atomic E-state index is 0. The van der Waals surface area contributed by atoms with Crippen LogP contribution < -0.4 is 5.32 Å². The number of benzene rings is 1. The number of ether oxygens (including phenoxy) is 1. The number of rotatable bonds is 3. The summed E-state index contributed by atoms with van der Waals surface area (Å²) in [6.45, 7) is 4.47. The van der Waals surface area contributed by atoms with Crippen molar-refractivity contribution in [2.24, 2.45) is 4.99 Å². The zero-order valence-corrected chi connectivity index (χ0v) is 18.4. The number of guanidine groups is 1. The molecule has 4 nitrogen and oxygen atoms in total. The van der Waals surface area contributed by atoms with E-state index in [2.05, 4.69) is 21.3 Å². The van der Waals surface area contributed by atoms with Gasteiger partial charge in [-0.05, 0) is 43.4 Å². The largest absolute Gasteiger partial charge is 0.381 e. The lowest BCUT2D eigenvalue weighted by molar-refractivity contribution is 0.0512. The van der Waals surface area contributed by atoms with E-state index in [4.69, 9.17) is 27.9 Å². The number of halogens is 3. The molecule has 7 heteroatoms. The lowest BCUT2D eigenvalue weighted by atomic mass is 9.74. The lowest BCUT2D eigenvalue weighted by Gasteiger charge is -2.39. The van der Waals surface area contributed by atoms with Gasteiger partial charge in [0.2, 0.25) is 0 Å². The number of nitrogens with zero attached hydrogens (tertiary/aromatic N) is 2. The molecule has 3 rings (SSSR count). The zero-order chi connectivity index (χ0) is 17.0. The van der Waals surface area contributed by atoms with Crippen molar-refractivity contribution in [3.63, 3.8) is 0 Å². The fourth-order valence-corrected chi connectivity index (χ4v) is 4.34. The molecular formula is C18H26Cl2IN3O. The normalized spacial score (nSPS) is 20.3. The van der Waals surface area contributed by atoms with Crippen LogP contribution in [0.4, 0.5) is 0 Å². The molecule has 2 heterocycles. The van der Waals surface area contributed by atoms with Crippen molar-refractivity contribution < 1.29 is 4.74 Å². The van der Waals surface area contributed by atoms with Crippen LogP contribution in [0.3, 0.4) is 0 Å². The van der Waals surface area contributed by atoms with Crippen molar-refractivity contribution in [1.29, 1.82) is 0 Å². The fraction of sp³-hybridized carbons (Fsp3) is 0.611. The summed E-state index contributed by atoms with van der Waals surface area (Å²) in [6.07, 6.45) is 4.36. The quantitative estimate of drug-likeness (QED) is 0.383. The third-order valence-electron chi connectivity index (χ3n) is 5.15. The zero-order valence-electron chi connectivity index (χ0n) is 14.6. The molecule has 0 aromatic heterocycles. The first-order valence-electron chi connectivity index (χ1n) is 8.63. The first-order chi connectivity index (χ1) is 11.6. The number of hydrogen-bond acceptors (Lipinski definition) is 2. The van der Waals surface area contributed by atoms with E-state index in [1.54, 1.807) is 0 Å². The van der Waals surface area contributed by atoms with Gasteiger partial charge in [-0.25, -0.2) is 0 Å². The summed E-state index contributed by atoms with van der Waals surface area (Å²) >= 11 is 12.6. The van der Waals surface area contributed by atoms with Gasteiger partial charge in [0.25, 0.3) is 0 Å². The van der Waals surface area contributed by atoms with E-state index in [1.807, 2.05) is 19.2 Å². The van der Waals surface area contributed by atoms with Gasteiger partial charge in [-0.15, -0.1) is 24.0 Å². The monoisotopic (exact) mass is 497 g/mol. The molecule has 1 aromatic carbocycles. The third-order valence-corrected chi connectivity index (χ3v) is 5.70. The third kappa shape index (κ3) is 4.93. The molecule has 0 aliphatic carbocycles. The predicted octanol–water partition coefficient (Wildman–Crippen LogP) is 4.33.